The van der Waals surface area contributed by atoms with Gasteiger partial charge in [0.15, 0.2) is 0 Å². The fraction of sp³-hybridized carbons (Fsp3) is 0.500. The Labute approximate surface area is 81.8 Å². The standard InChI is InChI=1S/C8H6F3NOS/c9-8(10,11)6-3-12-7(14-6)4-1-5(13)2-4/h3-4H,1-2H2. The van der Waals surface area contributed by atoms with E-state index in [1.165, 1.54) is 0 Å². The first kappa shape index (κ1) is 9.64. The van der Waals surface area contributed by atoms with Crippen molar-refractivity contribution >= 4 is 17.1 Å². The lowest BCUT2D eigenvalue weighted by molar-refractivity contribution is -0.134. The van der Waals surface area contributed by atoms with Crippen molar-refractivity contribution < 1.29 is 18.0 Å². The molecule has 1 aromatic heterocycles. The third kappa shape index (κ3) is 1.66. The number of hydrogen-bond donors (Lipinski definition) is 0. The van der Waals surface area contributed by atoms with Crippen molar-refractivity contribution in [3.8, 4) is 0 Å². The largest absolute Gasteiger partial charge is 0.427 e. The van der Waals surface area contributed by atoms with Crippen LogP contribution in [0.5, 0.6) is 0 Å². The molecule has 1 aliphatic rings. The molecule has 76 valence electrons. The van der Waals surface area contributed by atoms with Crippen LogP contribution in [0.15, 0.2) is 6.20 Å². The first-order valence-electron chi connectivity index (χ1n) is 4.01. The van der Waals surface area contributed by atoms with E-state index in [0.29, 0.717) is 29.2 Å². The summed E-state index contributed by atoms with van der Waals surface area (Å²) in [5, 5.41) is 0.428. The van der Waals surface area contributed by atoms with Crippen LogP contribution in [0.1, 0.15) is 28.6 Å². The van der Waals surface area contributed by atoms with E-state index >= 15 is 0 Å². The van der Waals surface area contributed by atoms with Crippen LogP contribution < -0.4 is 0 Å². The maximum absolute atomic E-state index is 12.2. The summed E-state index contributed by atoms with van der Waals surface area (Å²) in [4.78, 5) is 13.6. The van der Waals surface area contributed by atoms with Crippen LogP contribution >= 0.6 is 11.3 Å². The van der Waals surface area contributed by atoms with Crippen molar-refractivity contribution in [2.24, 2.45) is 0 Å². The van der Waals surface area contributed by atoms with E-state index in [1.54, 1.807) is 0 Å². The highest BCUT2D eigenvalue weighted by Gasteiger charge is 2.36. The minimum Gasteiger partial charge on any atom is -0.300 e. The summed E-state index contributed by atoms with van der Waals surface area (Å²) in [5.74, 6) is 0.0161. The van der Waals surface area contributed by atoms with Crippen LogP contribution in [-0.4, -0.2) is 10.8 Å². The van der Waals surface area contributed by atoms with Gasteiger partial charge in [0.2, 0.25) is 0 Å². The average molecular weight is 221 g/mol. The first-order valence-corrected chi connectivity index (χ1v) is 4.83. The van der Waals surface area contributed by atoms with Gasteiger partial charge in [0.25, 0.3) is 0 Å². The number of hydrogen-bond acceptors (Lipinski definition) is 3. The summed E-state index contributed by atoms with van der Waals surface area (Å²) in [5.41, 5.74) is 0. The SMILES string of the molecule is O=C1CC(c2ncc(C(F)(F)F)s2)C1. The number of carbonyl (C=O) groups is 1. The first-order chi connectivity index (χ1) is 6.47. The lowest BCUT2D eigenvalue weighted by atomic mass is 9.85. The molecule has 0 radical (unpaired) electrons. The predicted octanol–water partition coefficient (Wildman–Crippen LogP) is 2.61. The minimum absolute atomic E-state index is 0.0800. The summed E-state index contributed by atoms with van der Waals surface area (Å²) in [6.45, 7) is 0. The summed E-state index contributed by atoms with van der Waals surface area (Å²) in [6.07, 6.45) is -2.80. The van der Waals surface area contributed by atoms with E-state index < -0.39 is 11.1 Å². The van der Waals surface area contributed by atoms with Gasteiger partial charge < -0.3 is 0 Å². The third-order valence-electron chi connectivity index (χ3n) is 2.10. The van der Waals surface area contributed by atoms with Crippen molar-refractivity contribution in [3.63, 3.8) is 0 Å². The van der Waals surface area contributed by atoms with E-state index in [0.717, 1.165) is 6.20 Å². The Hall–Kier alpha value is -0.910. The highest BCUT2D eigenvalue weighted by molar-refractivity contribution is 7.11. The van der Waals surface area contributed by atoms with Gasteiger partial charge in [-0.05, 0) is 0 Å². The van der Waals surface area contributed by atoms with Gasteiger partial charge in [0.05, 0.1) is 11.2 Å². The van der Waals surface area contributed by atoms with Crippen LogP contribution in [-0.2, 0) is 11.0 Å². The highest BCUT2D eigenvalue weighted by Crippen LogP contribution is 2.40. The summed E-state index contributed by atoms with van der Waals surface area (Å²) in [6, 6.07) is 0. The molecule has 0 aliphatic heterocycles. The zero-order valence-electron chi connectivity index (χ0n) is 6.97. The maximum atomic E-state index is 12.2. The normalized spacial score (nSPS) is 18.4. The Bertz CT molecular complexity index is 363. The molecule has 1 fully saturated rings. The van der Waals surface area contributed by atoms with Gasteiger partial charge in [0.1, 0.15) is 10.7 Å². The molecule has 0 amide bonds. The smallest absolute Gasteiger partial charge is 0.300 e. The van der Waals surface area contributed by atoms with Gasteiger partial charge in [-0.1, -0.05) is 0 Å². The van der Waals surface area contributed by atoms with Crippen LogP contribution in [0.25, 0.3) is 0 Å². The number of carbonyl (C=O) groups excluding carboxylic acids is 1. The van der Waals surface area contributed by atoms with Crippen molar-refractivity contribution in [1.82, 2.24) is 4.98 Å². The molecule has 1 saturated carbocycles. The summed E-state index contributed by atoms with van der Waals surface area (Å²) in [7, 11) is 0. The van der Waals surface area contributed by atoms with Gasteiger partial charge in [-0.25, -0.2) is 4.98 Å². The molecule has 0 N–H and O–H groups in total. The molecule has 2 nitrogen and oxygen atoms in total. The molecular formula is C8H6F3NOS. The molecule has 0 saturated heterocycles. The Balaban J connectivity index is 2.14. The molecule has 1 heterocycles. The Morgan fingerprint density at radius 1 is 1.43 bits per heavy atom. The summed E-state index contributed by atoms with van der Waals surface area (Å²) >= 11 is 0.637. The Kier molecular flexibility index (Phi) is 2.10. The van der Waals surface area contributed by atoms with Crippen molar-refractivity contribution in [1.29, 1.82) is 0 Å². The molecule has 0 atom stereocenters. The molecule has 6 heteroatoms. The van der Waals surface area contributed by atoms with E-state index in [-0.39, 0.29) is 11.7 Å². The third-order valence-corrected chi connectivity index (χ3v) is 3.31. The number of aromatic nitrogens is 1. The Morgan fingerprint density at radius 2 is 2.07 bits per heavy atom. The second-order valence-corrected chi connectivity index (χ2v) is 4.27. The van der Waals surface area contributed by atoms with Gasteiger partial charge in [-0.2, -0.15) is 13.2 Å². The predicted molar refractivity (Wildman–Crippen MR) is 44.1 cm³/mol. The number of thiazole rings is 1. The molecule has 0 unspecified atom stereocenters. The second-order valence-electron chi connectivity index (χ2n) is 3.20. The van der Waals surface area contributed by atoms with E-state index in [2.05, 4.69) is 4.98 Å². The molecule has 1 aromatic rings. The highest BCUT2D eigenvalue weighted by atomic mass is 32.1. The lowest BCUT2D eigenvalue weighted by Gasteiger charge is -2.21. The van der Waals surface area contributed by atoms with E-state index in [4.69, 9.17) is 0 Å². The van der Waals surface area contributed by atoms with Gasteiger partial charge in [-0.15, -0.1) is 11.3 Å². The van der Waals surface area contributed by atoms with Crippen molar-refractivity contribution in [2.75, 3.05) is 0 Å². The molecule has 14 heavy (non-hydrogen) atoms. The summed E-state index contributed by atoms with van der Waals surface area (Å²) < 4.78 is 36.5. The van der Waals surface area contributed by atoms with Crippen LogP contribution in [0.2, 0.25) is 0 Å². The number of nitrogens with zero attached hydrogens (tertiary/aromatic N) is 1. The molecule has 2 rings (SSSR count). The lowest BCUT2D eigenvalue weighted by Crippen LogP contribution is -2.20. The van der Waals surface area contributed by atoms with Gasteiger partial charge in [0, 0.05) is 18.8 Å². The number of ketones is 1. The van der Waals surface area contributed by atoms with Crippen molar-refractivity contribution in [2.45, 2.75) is 24.9 Å². The maximum Gasteiger partial charge on any atom is 0.427 e. The van der Waals surface area contributed by atoms with E-state index in [9.17, 15) is 18.0 Å². The molecular weight excluding hydrogens is 215 g/mol. The minimum atomic E-state index is -4.32. The average Bonchev–Trinajstić information content (AvgIpc) is 2.45. The molecule has 0 aromatic carbocycles. The Morgan fingerprint density at radius 3 is 2.50 bits per heavy atom. The van der Waals surface area contributed by atoms with Crippen LogP contribution in [0, 0.1) is 0 Å². The van der Waals surface area contributed by atoms with Crippen LogP contribution in [0.3, 0.4) is 0 Å². The monoisotopic (exact) mass is 221 g/mol. The van der Waals surface area contributed by atoms with Crippen LogP contribution in [0.4, 0.5) is 13.2 Å². The van der Waals surface area contributed by atoms with Gasteiger partial charge >= 0.3 is 6.18 Å². The second kappa shape index (κ2) is 3.05. The number of halogens is 3. The van der Waals surface area contributed by atoms with E-state index in [1.807, 2.05) is 0 Å². The zero-order chi connectivity index (χ0) is 10.3. The zero-order valence-corrected chi connectivity index (χ0v) is 7.78. The topological polar surface area (TPSA) is 30.0 Å². The van der Waals surface area contributed by atoms with Gasteiger partial charge in [-0.3, -0.25) is 4.79 Å². The van der Waals surface area contributed by atoms with Crippen molar-refractivity contribution in [3.05, 3.63) is 16.1 Å². The molecule has 1 aliphatic carbocycles. The number of Topliss-reactive ketones (excluding diaryl/α,β-unsaturated/α-hetero) is 1. The molecule has 0 bridgehead atoms. The fourth-order valence-corrected chi connectivity index (χ4v) is 2.16. The fourth-order valence-electron chi connectivity index (χ4n) is 1.27. The number of rotatable bonds is 1. The molecule has 0 spiro atoms. The quantitative estimate of drug-likeness (QED) is 0.729. The number of alkyl halides is 3.